The number of aromatic nitrogens is 4. The number of rotatable bonds is 6. The molecule has 3 aromatic rings. The van der Waals surface area contributed by atoms with E-state index in [1.54, 1.807) is 12.4 Å². The van der Waals surface area contributed by atoms with Crippen molar-refractivity contribution in [3.8, 4) is 11.4 Å². The van der Waals surface area contributed by atoms with Gasteiger partial charge in [0.1, 0.15) is 0 Å². The summed E-state index contributed by atoms with van der Waals surface area (Å²) in [5.74, 6) is 0.758. The van der Waals surface area contributed by atoms with Crippen LogP contribution in [0.1, 0.15) is 37.1 Å². The Labute approximate surface area is 154 Å². The standard InChI is InChI=1S/C21H23N5/c1-2-7-20(6-1)26(15-18-5-3-4-11-23-18)16-19-10-14-24-21(25-19)17-8-12-22-13-9-17/h3-5,8-14,20H,1-2,6-7,15-16H2. The topological polar surface area (TPSA) is 54.8 Å². The Morgan fingerprint density at radius 2 is 1.62 bits per heavy atom. The van der Waals surface area contributed by atoms with Crippen molar-refractivity contribution in [1.29, 1.82) is 0 Å². The van der Waals surface area contributed by atoms with Crippen molar-refractivity contribution in [1.82, 2.24) is 24.8 Å². The Morgan fingerprint density at radius 1 is 0.808 bits per heavy atom. The maximum absolute atomic E-state index is 4.79. The molecule has 0 atom stereocenters. The van der Waals surface area contributed by atoms with Crippen molar-refractivity contribution in [2.24, 2.45) is 0 Å². The number of nitrogens with zero attached hydrogens (tertiary/aromatic N) is 5. The highest BCUT2D eigenvalue weighted by Crippen LogP contribution is 2.26. The molecule has 3 aromatic heterocycles. The summed E-state index contributed by atoms with van der Waals surface area (Å²) in [6.07, 6.45) is 12.4. The van der Waals surface area contributed by atoms with Crippen molar-refractivity contribution in [2.45, 2.75) is 44.8 Å². The molecule has 26 heavy (non-hydrogen) atoms. The number of hydrogen-bond donors (Lipinski definition) is 0. The smallest absolute Gasteiger partial charge is 0.159 e. The second-order valence-corrected chi connectivity index (χ2v) is 6.77. The first-order chi connectivity index (χ1) is 12.9. The first-order valence-electron chi connectivity index (χ1n) is 9.25. The van der Waals surface area contributed by atoms with Gasteiger partial charge in [0.15, 0.2) is 5.82 Å². The predicted octanol–water partition coefficient (Wildman–Crippen LogP) is 3.88. The van der Waals surface area contributed by atoms with Crippen molar-refractivity contribution in [2.75, 3.05) is 0 Å². The third-order valence-electron chi connectivity index (χ3n) is 4.95. The molecule has 0 amide bonds. The second-order valence-electron chi connectivity index (χ2n) is 6.77. The molecule has 1 saturated carbocycles. The Bertz CT molecular complexity index is 816. The van der Waals surface area contributed by atoms with Crippen LogP contribution in [-0.4, -0.2) is 30.9 Å². The van der Waals surface area contributed by atoms with E-state index in [2.05, 4.69) is 32.0 Å². The minimum Gasteiger partial charge on any atom is -0.289 e. The molecule has 0 radical (unpaired) electrons. The summed E-state index contributed by atoms with van der Waals surface area (Å²) in [5, 5.41) is 0. The molecule has 0 aromatic carbocycles. The molecule has 0 saturated heterocycles. The van der Waals surface area contributed by atoms with Gasteiger partial charge < -0.3 is 0 Å². The van der Waals surface area contributed by atoms with Gasteiger partial charge in [-0.25, -0.2) is 9.97 Å². The third-order valence-corrected chi connectivity index (χ3v) is 4.95. The highest BCUT2D eigenvalue weighted by molar-refractivity contribution is 5.53. The highest BCUT2D eigenvalue weighted by atomic mass is 15.2. The van der Waals surface area contributed by atoms with Gasteiger partial charge >= 0.3 is 0 Å². The summed E-state index contributed by atoms with van der Waals surface area (Å²) in [5.41, 5.74) is 3.16. The summed E-state index contributed by atoms with van der Waals surface area (Å²) in [7, 11) is 0. The lowest BCUT2D eigenvalue weighted by Crippen LogP contribution is -2.33. The van der Waals surface area contributed by atoms with Crippen molar-refractivity contribution in [3.05, 3.63) is 72.6 Å². The zero-order valence-electron chi connectivity index (χ0n) is 14.8. The Balaban J connectivity index is 1.55. The summed E-state index contributed by atoms with van der Waals surface area (Å²) >= 11 is 0. The molecule has 1 fully saturated rings. The van der Waals surface area contributed by atoms with E-state index in [0.717, 1.165) is 35.9 Å². The molecular formula is C21H23N5. The quantitative estimate of drug-likeness (QED) is 0.679. The van der Waals surface area contributed by atoms with Gasteiger partial charge in [-0.1, -0.05) is 18.9 Å². The largest absolute Gasteiger partial charge is 0.289 e. The molecule has 1 aliphatic rings. The van der Waals surface area contributed by atoms with Crippen LogP contribution in [0.15, 0.2) is 61.2 Å². The minimum absolute atomic E-state index is 0.608. The molecule has 0 aliphatic heterocycles. The maximum Gasteiger partial charge on any atom is 0.159 e. The third kappa shape index (κ3) is 4.11. The van der Waals surface area contributed by atoms with Gasteiger partial charge in [0, 0.05) is 49.5 Å². The summed E-state index contributed by atoms with van der Waals surface area (Å²) < 4.78 is 0. The highest BCUT2D eigenvalue weighted by Gasteiger charge is 2.23. The predicted molar refractivity (Wildman–Crippen MR) is 101 cm³/mol. The zero-order valence-corrected chi connectivity index (χ0v) is 14.8. The fraction of sp³-hybridized carbons (Fsp3) is 0.333. The van der Waals surface area contributed by atoms with E-state index >= 15 is 0 Å². The average Bonchev–Trinajstić information content (AvgIpc) is 3.24. The maximum atomic E-state index is 4.79. The van der Waals surface area contributed by atoms with E-state index in [9.17, 15) is 0 Å². The lowest BCUT2D eigenvalue weighted by molar-refractivity contribution is 0.176. The van der Waals surface area contributed by atoms with Gasteiger partial charge in [-0.2, -0.15) is 0 Å². The Morgan fingerprint density at radius 3 is 2.38 bits per heavy atom. The van der Waals surface area contributed by atoms with Gasteiger partial charge in [0.2, 0.25) is 0 Å². The monoisotopic (exact) mass is 345 g/mol. The Kier molecular flexibility index (Phi) is 5.26. The molecular weight excluding hydrogens is 322 g/mol. The van der Waals surface area contributed by atoms with Crippen LogP contribution < -0.4 is 0 Å². The van der Waals surface area contributed by atoms with Crippen LogP contribution >= 0.6 is 0 Å². The summed E-state index contributed by atoms with van der Waals surface area (Å²) in [6, 6.07) is 12.6. The van der Waals surface area contributed by atoms with Crippen molar-refractivity contribution < 1.29 is 0 Å². The van der Waals surface area contributed by atoms with E-state index in [1.807, 2.05) is 36.7 Å². The number of hydrogen-bond acceptors (Lipinski definition) is 5. The van der Waals surface area contributed by atoms with Gasteiger partial charge in [-0.15, -0.1) is 0 Å². The Hall–Kier alpha value is -2.66. The van der Waals surface area contributed by atoms with Crippen LogP contribution in [0.25, 0.3) is 11.4 Å². The van der Waals surface area contributed by atoms with Gasteiger partial charge in [0.05, 0.1) is 11.4 Å². The summed E-state index contributed by atoms with van der Waals surface area (Å²) in [6.45, 7) is 1.68. The molecule has 3 heterocycles. The molecule has 5 heteroatoms. The second kappa shape index (κ2) is 8.15. The van der Waals surface area contributed by atoms with E-state index in [-0.39, 0.29) is 0 Å². The molecule has 0 unspecified atom stereocenters. The van der Waals surface area contributed by atoms with Gasteiger partial charge in [-0.3, -0.25) is 14.9 Å². The van der Waals surface area contributed by atoms with E-state index < -0.39 is 0 Å². The van der Waals surface area contributed by atoms with Crippen LogP contribution in [-0.2, 0) is 13.1 Å². The molecule has 0 bridgehead atoms. The normalized spacial score (nSPS) is 14.8. The van der Waals surface area contributed by atoms with Crippen LogP contribution in [0.5, 0.6) is 0 Å². The first kappa shape index (κ1) is 16.8. The lowest BCUT2D eigenvalue weighted by atomic mass is 10.1. The molecule has 0 spiro atoms. The fourth-order valence-corrected chi connectivity index (χ4v) is 3.62. The van der Waals surface area contributed by atoms with Gasteiger partial charge in [0.25, 0.3) is 0 Å². The van der Waals surface area contributed by atoms with Crippen LogP contribution in [0.4, 0.5) is 0 Å². The van der Waals surface area contributed by atoms with E-state index in [1.165, 1.54) is 25.7 Å². The number of pyridine rings is 2. The van der Waals surface area contributed by atoms with Crippen molar-refractivity contribution >= 4 is 0 Å². The van der Waals surface area contributed by atoms with Crippen LogP contribution in [0, 0.1) is 0 Å². The molecule has 0 N–H and O–H groups in total. The van der Waals surface area contributed by atoms with Gasteiger partial charge in [-0.05, 0) is 43.2 Å². The van der Waals surface area contributed by atoms with E-state index in [4.69, 9.17) is 4.98 Å². The average molecular weight is 345 g/mol. The zero-order chi connectivity index (χ0) is 17.6. The van der Waals surface area contributed by atoms with Crippen LogP contribution in [0.3, 0.4) is 0 Å². The first-order valence-corrected chi connectivity index (χ1v) is 9.25. The fourth-order valence-electron chi connectivity index (χ4n) is 3.62. The molecule has 4 rings (SSSR count). The molecule has 1 aliphatic carbocycles. The van der Waals surface area contributed by atoms with Crippen LogP contribution in [0.2, 0.25) is 0 Å². The van der Waals surface area contributed by atoms with Crippen molar-refractivity contribution in [3.63, 3.8) is 0 Å². The lowest BCUT2D eigenvalue weighted by Gasteiger charge is -2.28. The molecule has 132 valence electrons. The van der Waals surface area contributed by atoms with E-state index in [0.29, 0.717) is 6.04 Å². The molecule has 5 nitrogen and oxygen atoms in total. The minimum atomic E-state index is 0.608. The summed E-state index contributed by atoms with van der Waals surface area (Å²) in [4.78, 5) is 20.3. The SMILES string of the molecule is c1ccc(CN(Cc2ccnc(-c3ccncc3)n2)C2CCCC2)nc1.